The number of nitrogens with two attached hydrogens (primary N) is 1. The second-order valence-corrected chi connectivity index (χ2v) is 7.62. The van der Waals surface area contributed by atoms with Crippen LogP contribution < -0.4 is 10.6 Å². The van der Waals surface area contributed by atoms with Crippen LogP contribution in [-0.4, -0.2) is 19.6 Å². The lowest BCUT2D eigenvalue weighted by molar-refractivity contribution is -0.892. The molecule has 146 valence electrons. The highest BCUT2D eigenvalue weighted by Gasteiger charge is 2.39. The molecule has 2 atom stereocenters. The van der Waals surface area contributed by atoms with Crippen molar-refractivity contribution in [3.05, 3.63) is 100 Å². The zero-order valence-electron chi connectivity index (χ0n) is 16.7. The molecule has 29 heavy (non-hydrogen) atoms. The molecule has 2 aromatic carbocycles. The predicted molar refractivity (Wildman–Crippen MR) is 114 cm³/mol. The Morgan fingerprint density at radius 3 is 2.45 bits per heavy atom. The lowest BCUT2D eigenvalue weighted by Gasteiger charge is -2.36. The maximum atomic E-state index is 9.84. The summed E-state index contributed by atoms with van der Waals surface area (Å²) < 4.78 is 6.09. The Labute approximate surface area is 172 Å². The van der Waals surface area contributed by atoms with Gasteiger partial charge in [-0.25, -0.2) is 0 Å². The molecule has 0 spiro atoms. The molecule has 0 aliphatic carbocycles. The summed E-state index contributed by atoms with van der Waals surface area (Å²) in [4.78, 5) is 1.48. The van der Waals surface area contributed by atoms with Crippen molar-refractivity contribution in [3.8, 4) is 6.07 Å². The number of rotatable bonds is 4. The first-order valence-corrected chi connectivity index (χ1v) is 10.2. The lowest BCUT2D eigenvalue weighted by atomic mass is 9.80. The molecule has 2 aromatic rings. The van der Waals surface area contributed by atoms with Gasteiger partial charge in [0.25, 0.3) is 0 Å². The van der Waals surface area contributed by atoms with Crippen LogP contribution in [0.5, 0.6) is 0 Å². The molecule has 4 heteroatoms. The quantitative estimate of drug-likeness (QED) is 0.851. The van der Waals surface area contributed by atoms with Gasteiger partial charge in [0.05, 0.1) is 12.5 Å². The van der Waals surface area contributed by atoms with Gasteiger partial charge in [0.15, 0.2) is 0 Å². The maximum absolute atomic E-state index is 9.84. The van der Waals surface area contributed by atoms with E-state index < -0.39 is 0 Å². The number of ether oxygens (including phenoxy) is 1. The monoisotopic (exact) mass is 384 g/mol. The summed E-state index contributed by atoms with van der Waals surface area (Å²) in [6.45, 7) is 5.03. The van der Waals surface area contributed by atoms with E-state index >= 15 is 0 Å². The van der Waals surface area contributed by atoms with Crippen LogP contribution in [0.3, 0.4) is 0 Å². The Hall–Kier alpha value is -3.29. The average molecular weight is 385 g/mol. The highest BCUT2D eigenvalue weighted by molar-refractivity contribution is 5.62. The number of benzene rings is 2. The topological polar surface area (TPSA) is 63.5 Å². The smallest absolute Gasteiger partial charge is 0.205 e. The molecule has 2 aliphatic rings. The molecular weight excluding hydrogens is 358 g/mol. The van der Waals surface area contributed by atoms with E-state index in [1.54, 1.807) is 0 Å². The zero-order valence-corrected chi connectivity index (χ0v) is 16.7. The van der Waals surface area contributed by atoms with Crippen LogP contribution in [0.1, 0.15) is 30.4 Å². The van der Waals surface area contributed by atoms with Crippen molar-refractivity contribution in [2.45, 2.75) is 19.3 Å². The largest absolute Gasteiger partial charge is 0.440 e. The molecule has 3 N–H and O–H groups in total. The molecule has 2 heterocycles. The van der Waals surface area contributed by atoms with E-state index in [1.165, 1.54) is 4.90 Å². The van der Waals surface area contributed by atoms with Crippen molar-refractivity contribution in [2.75, 3.05) is 19.6 Å². The van der Waals surface area contributed by atoms with Crippen LogP contribution >= 0.6 is 0 Å². The fourth-order valence-electron chi connectivity index (χ4n) is 4.34. The van der Waals surface area contributed by atoms with Crippen LogP contribution in [0.25, 0.3) is 6.08 Å². The van der Waals surface area contributed by atoms with E-state index in [-0.39, 0.29) is 11.8 Å². The van der Waals surface area contributed by atoms with Crippen molar-refractivity contribution < 1.29 is 9.64 Å². The third kappa shape index (κ3) is 3.83. The minimum atomic E-state index is -0.156. The highest BCUT2D eigenvalue weighted by atomic mass is 16.5. The maximum Gasteiger partial charge on any atom is 0.205 e. The SMILES string of the molecule is CCC[NH+]1CC2=C(OC(N)=C(C#N)[C@H]2c2ccccc2)/C(=C/c2ccccc2)C1. The van der Waals surface area contributed by atoms with Gasteiger partial charge in [0.1, 0.15) is 30.5 Å². The molecule has 0 saturated carbocycles. The summed E-state index contributed by atoms with van der Waals surface area (Å²) in [5.41, 5.74) is 11.3. The number of hydrogen-bond acceptors (Lipinski definition) is 3. The Morgan fingerprint density at radius 1 is 1.10 bits per heavy atom. The number of nitrogens with zero attached hydrogens (tertiary/aromatic N) is 1. The van der Waals surface area contributed by atoms with Crippen molar-refractivity contribution in [1.82, 2.24) is 0 Å². The van der Waals surface area contributed by atoms with E-state index in [4.69, 9.17) is 10.5 Å². The Morgan fingerprint density at radius 2 is 1.79 bits per heavy atom. The molecule has 0 amide bonds. The van der Waals surface area contributed by atoms with Crippen LogP contribution in [0.2, 0.25) is 0 Å². The number of allylic oxidation sites excluding steroid dienone is 1. The molecular formula is C25H26N3O+. The second-order valence-electron chi connectivity index (χ2n) is 7.62. The van der Waals surface area contributed by atoms with Gasteiger partial charge in [-0.1, -0.05) is 67.6 Å². The van der Waals surface area contributed by atoms with E-state index in [2.05, 4.69) is 43.3 Å². The summed E-state index contributed by atoms with van der Waals surface area (Å²) in [5.74, 6) is 0.911. The third-order valence-electron chi connectivity index (χ3n) is 5.58. The second kappa shape index (κ2) is 8.38. The van der Waals surface area contributed by atoms with Crippen molar-refractivity contribution in [1.29, 1.82) is 5.26 Å². The van der Waals surface area contributed by atoms with Crippen molar-refractivity contribution in [2.24, 2.45) is 5.73 Å². The normalized spacial score (nSPS) is 22.8. The van der Waals surface area contributed by atoms with E-state index in [1.807, 2.05) is 36.4 Å². The Kier molecular flexibility index (Phi) is 5.50. The molecule has 0 saturated heterocycles. The van der Waals surface area contributed by atoms with E-state index in [9.17, 15) is 5.26 Å². The first-order valence-electron chi connectivity index (χ1n) is 10.2. The third-order valence-corrected chi connectivity index (χ3v) is 5.58. The highest BCUT2D eigenvalue weighted by Crippen LogP contribution is 2.41. The summed E-state index contributed by atoms with van der Waals surface area (Å²) in [6, 6.07) is 22.8. The average Bonchev–Trinajstić information content (AvgIpc) is 2.75. The van der Waals surface area contributed by atoms with Gasteiger partial charge in [-0.05, 0) is 23.6 Å². The zero-order chi connectivity index (χ0) is 20.2. The van der Waals surface area contributed by atoms with Gasteiger partial charge in [-0.3, -0.25) is 0 Å². The summed E-state index contributed by atoms with van der Waals surface area (Å²) in [7, 11) is 0. The molecule has 0 bridgehead atoms. The fourth-order valence-corrected chi connectivity index (χ4v) is 4.34. The van der Waals surface area contributed by atoms with Crippen molar-refractivity contribution in [3.63, 3.8) is 0 Å². The van der Waals surface area contributed by atoms with Crippen molar-refractivity contribution >= 4 is 6.08 Å². The summed E-state index contributed by atoms with van der Waals surface area (Å²) in [6.07, 6.45) is 3.30. The van der Waals surface area contributed by atoms with Crippen LogP contribution in [0.15, 0.2) is 89.0 Å². The standard InChI is InChI=1S/C25H25N3O/c1-2-13-28-16-20(14-18-9-5-3-6-10-18)24-22(17-28)23(19-11-7-4-8-12-19)21(15-26)25(27)29-24/h3-12,14,23H,2,13,16-17,27H2,1H3/p+1/b20-14+/t23-/m1/s1. The first kappa shape index (κ1) is 19.0. The minimum absolute atomic E-state index is 0.156. The number of nitrogens with one attached hydrogen (secondary N) is 1. The Bertz CT molecular complexity index is 1010. The van der Waals surface area contributed by atoms with Crippen LogP contribution in [0, 0.1) is 11.3 Å². The van der Waals surface area contributed by atoms with Gasteiger partial charge in [0, 0.05) is 11.1 Å². The molecule has 2 aliphatic heterocycles. The van der Waals surface area contributed by atoms with E-state index in [0.717, 1.165) is 54.1 Å². The van der Waals surface area contributed by atoms with E-state index in [0.29, 0.717) is 5.57 Å². The molecule has 0 aromatic heterocycles. The number of nitriles is 1. The van der Waals surface area contributed by atoms with Crippen LogP contribution in [0.4, 0.5) is 0 Å². The molecule has 1 unspecified atom stereocenters. The molecule has 4 rings (SSSR count). The van der Waals surface area contributed by atoms with Crippen LogP contribution in [-0.2, 0) is 4.74 Å². The van der Waals surface area contributed by atoms with Gasteiger partial charge in [0.2, 0.25) is 5.88 Å². The summed E-state index contributed by atoms with van der Waals surface area (Å²) >= 11 is 0. The van der Waals surface area contributed by atoms with Gasteiger partial charge in [-0.15, -0.1) is 0 Å². The van der Waals surface area contributed by atoms with Gasteiger partial charge >= 0.3 is 0 Å². The number of quaternary nitrogens is 1. The minimum Gasteiger partial charge on any atom is -0.440 e. The van der Waals surface area contributed by atoms with Gasteiger partial charge < -0.3 is 15.4 Å². The molecule has 4 nitrogen and oxygen atoms in total. The van der Waals surface area contributed by atoms with Gasteiger partial charge in [-0.2, -0.15) is 5.26 Å². The Balaban J connectivity index is 1.86. The predicted octanol–water partition coefficient (Wildman–Crippen LogP) is 3.14. The fraction of sp³-hybridized carbons (Fsp3) is 0.240. The molecule has 0 radical (unpaired) electrons. The lowest BCUT2D eigenvalue weighted by Crippen LogP contribution is -3.13. The number of hydrogen-bond donors (Lipinski definition) is 2. The first-order chi connectivity index (χ1) is 14.2. The molecule has 0 fully saturated rings. The summed E-state index contributed by atoms with van der Waals surface area (Å²) in [5, 5.41) is 9.84.